The summed E-state index contributed by atoms with van der Waals surface area (Å²) in [6.45, 7) is 5.28. The average molecular weight is 325 g/mol. The summed E-state index contributed by atoms with van der Waals surface area (Å²) in [6, 6.07) is 18.0. The van der Waals surface area contributed by atoms with Gasteiger partial charge in [0.1, 0.15) is 5.75 Å². The van der Waals surface area contributed by atoms with Crippen molar-refractivity contribution in [2.24, 2.45) is 0 Å². The number of morpholine rings is 1. The van der Waals surface area contributed by atoms with Gasteiger partial charge >= 0.3 is 0 Å². The molecule has 1 aliphatic rings. The number of carbonyl (C=O) groups excluding carboxylic acids is 1. The Labute approximate surface area is 143 Å². The third-order valence-corrected chi connectivity index (χ3v) is 4.10. The topological polar surface area (TPSA) is 38.8 Å². The van der Waals surface area contributed by atoms with Crippen LogP contribution in [0, 0.1) is 0 Å². The van der Waals surface area contributed by atoms with E-state index >= 15 is 0 Å². The predicted molar refractivity (Wildman–Crippen MR) is 94.0 cm³/mol. The fraction of sp³-hybridized carbons (Fsp3) is 0.350. The summed E-state index contributed by atoms with van der Waals surface area (Å²) in [5.74, 6) is 0.710. The van der Waals surface area contributed by atoms with Crippen molar-refractivity contribution in [1.82, 2.24) is 4.90 Å². The van der Waals surface area contributed by atoms with E-state index in [0.717, 1.165) is 11.1 Å². The minimum absolute atomic E-state index is 0.00383. The Balaban J connectivity index is 1.56. The van der Waals surface area contributed by atoms with Crippen LogP contribution in [0.1, 0.15) is 13.8 Å². The number of nitrogens with zero attached hydrogens (tertiary/aromatic N) is 1. The number of hydrogen-bond donors (Lipinski definition) is 0. The van der Waals surface area contributed by atoms with E-state index in [0.29, 0.717) is 18.8 Å². The summed E-state index contributed by atoms with van der Waals surface area (Å²) < 4.78 is 11.3. The molecule has 2 atom stereocenters. The minimum atomic E-state index is 0.00383. The number of ether oxygens (including phenoxy) is 2. The van der Waals surface area contributed by atoms with Gasteiger partial charge in [-0.25, -0.2) is 0 Å². The predicted octanol–water partition coefficient (Wildman–Crippen LogP) is 3.37. The second kappa shape index (κ2) is 7.49. The number of benzene rings is 2. The van der Waals surface area contributed by atoms with Crippen molar-refractivity contribution in [1.29, 1.82) is 0 Å². The number of hydrogen-bond acceptors (Lipinski definition) is 3. The Hall–Kier alpha value is -2.33. The van der Waals surface area contributed by atoms with Crippen LogP contribution in [-0.4, -0.2) is 42.7 Å². The molecule has 1 amide bonds. The Morgan fingerprint density at radius 1 is 1.00 bits per heavy atom. The van der Waals surface area contributed by atoms with Crippen molar-refractivity contribution >= 4 is 5.91 Å². The molecular weight excluding hydrogens is 302 g/mol. The molecule has 0 bridgehead atoms. The molecule has 126 valence electrons. The number of amides is 1. The van der Waals surface area contributed by atoms with E-state index in [9.17, 15) is 4.79 Å². The van der Waals surface area contributed by atoms with Crippen molar-refractivity contribution < 1.29 is 14.3 Å². The normalized spacial score (nSPS) is 20.7. The van der Waals surface area contributed by atoms with Crippen molar-refractivity contribution in [2.75, 3.05) is 19.7 Å². The van der Waals surface area contributed by atoms with Gasteiger partial charge in [0.2, 0.25) is 0 Å². The maximum absolute atomic E-state index is 12.3. The smallest absolute Gasteiger partial charge is 0.260 e. The summed E-state index contributed by atoms with van der Waals surface area (Å²) in [5.41, 5.74) is 2.29. The summed E-state index contributed by atoms with van der Waals surface area (Å²) in [6.07, 6.45) is 0.144. The standard InChI is InChI=1S/C20H23NO3/c1-15-12-21(13-16(2)24-15)20(22)14-23-19-10-8-18(9-11-19)17-6-4-3-5-7-17/h3-11,15-16H,12-14H2,1-2H3/t15-,16+. The van der Waals surface area contributed by atoms with Gasteiger partial charge in [-0.05, 0) is 37.1 Å². The van der Waals surface area contributed by atoms with Crippen molar-refractivity contribution in [3.63, 3.8) is 0 Å². The highest BCUT2D eigenvalue weighted by atomic mass is 16.5. The fourth-order valence-electron chi connectivity index (χ4n) is 2.99. The van der Waals surface area contributed by atoms with Crippen LogP contribution in [0.15, 0.2) is 54.6 Å². The third-order valence-electron chi connectivity index (χ3n) is 4.10. The first-order valence-electron chi connectivity index (χ1n) is 8.33. The van der Waals surface area contributed by atoms with Crippen LogP contribution in [0.2, 0.25) is 0 Å². The molecule has 0 N–H and O–H groups in total. The van der Waals surface area contributed by atoms with Crippen molar-refractivity contribution in [2.45, 2.75) is 26.1 Å². The van der Waals surface area contributed by atoms with Gasteiger partial charge in [0.15, 0.2) is 6.61 Å². The SMILES string of the molecule is C[C@@H]1CN(C(=O)COc2ccc(-c3ccccc3)cc2)C[C@H](C)O1. The van der Waals surface area contributed by atoms with Gasteiger partial charge in [0.05, 0.1) is 12.2 Å². The molecule has 3 rings (SSSR count). The molecule has 1 fully saturated rings. The lowest BCUT2D eigenvalue weighted by atomic mass is 10.1. The second-order valence-corrected chi connectivity index (χ2v) is 6.24. The van der Waals surface area contributed by atoms with Gasteiger partial charge in [0.25, 0.3) is 5.91 Å². The van der Waals surface area contributed by atoms with Crippen LogP contribution in [0.3, 0.4) is 0 Å². The zero-order valence-corrected chi connectivity index (χ0v) is 14.1. The van der Waals surface area contributed by atoms with Crippen LogP contribution in [0.4, 0.5) is 0 Å². The zero-order valence-electron chi connectivity index (χ0n) is 14.1. The molecule has 1 aliphatic heterocycles. The highest BCUT2D eigenvalue weighted by molar-refractivity contribution is 5.78. The molecule has 0 spiro atoms. The van der Waals surface area contributed by atoms with Crippen LogP contribution in [0.5, 0.6) is 5.75 Å². The first kappa shape index (κ1) is 16.5. The molecule has 1 saturated heterocycles. The Morgan fingerprint density at radius 2 is 1.58 bits per heavy atom. The van der Waals surface area contributed by atoms with Gasteiger partial charge in [-0.2, -0.15) is 0 Å². The maximum atomic E-state index is 12.3. The largest absolute Gasteiger partial charge is 0.484 e. The van der Waals surface area contributed by atoms with E-state index in [-0.39, 0.29) is 24.7 Å². The average Bonchev–Trinajstić information content (AvgIpc) is 2.60. The quantitative estimate of drug-likeness (QED) is 0.865. The summed E-state index contributed by atoms with van der Waals surface area (Å²) in [4.78, 5) is 14.1. The molecule has 1 heterocycles. The molecule has 4 nitrogen and oxygen atoms in total. The molecule has 4 heteroatoms. The van der Waals surface area contributed by atoms with E-state index in [2.05, 4.69) is 12.1 Å². The number of carbonyl (C=O) groups is 1. The van der Waals surface area contributed by atoms with Crippen LogP contribution >= 0.6 is 0 Å². The summed E-state index contributed by atoms with van der Waals surface area (Å²) in [7, 11) is 0. The Kier molecular flexibility index (Phi) is 5.16. The highest BCUT2D eigenvalue weighted by Crippen LogP contribution is 2.22. The molecule has 0 saturated carbocycles. The van der Waals surface area contributed by atoms with Gasteiger partial charge in [-0.1, -0.05) is 42.5 Å². The highest BCUT2D eigenvalue weighted by Gasteiger charge is 2.25. The van der Waals surface area contributed by atoms with E-state index < -0.39 is 0 Å². The molecular formula is C20H23NO3. The van der Waals surface area contributed by atoms with Crippen LogP contribution in [0.25, 0.3) is 11.1 Å². The van der Waals surface area contributed by atoms with Gasteiger partial charge in [-0.3, -0.25) is 4.79 Å². The third kappa shape index (κ3) is 4.15. The monoisotopic (exact) mass is 325 g/mol. The van der Waals surface area contributed by atoms with Gasteiger partial charge in [0, 0.05) is 13.1 Å². The van der Waals surface area contributed by atoms with E-state index in [1.54, 1.807) is 0 Å². The van der Waals surface area contributed by atoms with Crippen molar-refractivity contribution in [3.05, 3.63) is 54.6 Å². The lowest BCUT2D eigenvalue weighted by Crippen LogP contribution is -2.49. The lowest BCUT2D eigenvalue weighted by Gasteiger charge is -2.35. The molecule has 2 aromatic carbocycles. The maximum Gasteiger partial charge on any atom is 0.260 e. The number of rotatable bonds is 4. The Bertz CT molecular complexity index is 659. The van der Waals surface area contributed by atoms with Crippen molar-refractivity contribution in [3.8, 4) is 16.9 Å². The molecule has 24 heavy (non-hydrogen) atoms. The zero-order chi connectivity index (χ0) is 16.9. The molecule has 2 aromatic rings. The van der Waals surface area contributed by atoms with E-state index in [4.69, 9.17) is 9.47 Å². The first-order chi connectivity index (χ1) is 11.6. The molecule has 0 aliphatic carbocycles. The lowest BCUT2D eigenvalue weighted by molar-refractivity contribution is -0.145. The van der Waals surface area contributed by atoms with E-state index in [1.807, 2.05) is 61.2 Å². The van der Waals surface area contributed by atoms with Crippen LogP contribution in [-0.2, 0) is 9.53 Å². The molecule has 0 aromatic heterocycles. The Morgan fingerprint density at radius 3 is 2.21 bits per heavy atom. The van der Waals surface area contributed by atoms with Crippen LogP contribution < -0.4 is 4.74 Å². The van der Waals surface area contributed by atoms with E-state index in [1.165, 1.54) is 0 Å². The summed E-state index contributed by atoms with van der Waals surface area (Å²) >= 11 is 0. The molecule has 0 radical (unpaired) electrons. The fourth-order valence-corrected chi connectivity index (χ4v) is 2.99. The summed E-state index contributed by atoms with van der Waals surface area (Å²) in [5, 5.41) is 0. The first-order valence-corrected chi connectivity index (χ1v) is 8.33. The van der Waals surface area contributed by atoms with Gasteiger partial charge < -0.3 is 14.4 Å². The van der Waals surface area contributed by atoms with Gasteiger partial charge in [-0.15, -0.1) is 0 Å². The minimum Gasteiger partial charge on any atom is -0.484 e. The molecule has 0 unspecified atom stereocenters. The second-order valence-electron chi connectivity index (χ2n) is 6.24.